The minimum atomic E-state index is -0.244. The Labute approximate surface area is 178 Å². The van der Waals surface area contributed by atoms with Crippen LogP contribution >= 0.6 is 24.2 Å². The van der Waals surface area contributed by atoms with Gasteiger partial charge in [-0.05, 0) is 31.5 Å². The summed E-state index contributed by atoms with van der Waals surface area (Å²) in [5, 5.41) is 3.15. The fourth-order valence-corrected chi connectivity index (χ4v) is 4.55. The maximum Gasteiger partial charge on any atom is 0.324 e. The Morgan fingerprint density at radius 3 is 2.36 bits per heavy atom. The van der Waals surface area contributed by atoms with Crippen LogP contribution < -0.4 is 10.2 Å². The SMILES string of the molecule is CC(C)Sc1ccccc1N1CCN(CCCCN2C(=O)CNC2=O)CC1.Cl. The summed E-state index contributed by atoms with van der Waals surface area (Å²) in [5.74, 6) is -0.105. The molecule has 0 spiro atoms. The lowest BCUT2D eigenvalue weighted by molar-refractivity contribution is -0.125. The van der Waals surface area contributed by atoms with Crippen LogP contribution in [-0.2, 0) is 4.79 Å². The van der Waals surface area contributed by atoms with E-state index in [0.29, 0.717) is 11.8 Å². The number of benzene rings is 1. The lowest BCUT2D eigenvalue weighted by atomic mass is 10.2. The van der Waals surface area contributed by atoms with Gasteiger partial charge in [0.05, 0.1) is 12.2 Å². The number of hydrogen-bond donors (Lipinski definition) is 1. The Kier molecular flexibility index (Phi) is 8.92. The molecule has 3 amide bonds. The summed E-state index contributed by atoms with van der Waals surface area (Å²) in [6, 6.07) is 8.46. The molecule has 6 nitrogen and oxygen atoms in total. The zero-order valence-electron chi connectivity index (χ0n) is 16.7. The number of unbranched alkanes of at least 4 members (excludes halogenated alkanes) is 1. The maximum atomic E-state index is 11.6. The fourth-order valence-electron chi connectivity index (χ4n) is 3.57. The van der Waals surface area contributed by atoms with Gasteiger partial charge in [0.1, 0.15) is 0 Å². The van der Waals surface area contributed by atoms with E-state index in [9.17, 15) is 9.59 Å². The summed E-state index contributed by atoms with van der Waals surface area (Å²) in [4.78, 5) is 30.8. The van der Waals surface area contributed by atoms with E-state index in [4.69, 9.17) is 0 Å². The van der Waals surface area contributed by atoms with Gasteiger partial charge in [0.15, 0.2) is 0 Å². The molecule has 2 saturated heterocycles. The molecule has 2 fully saturated rings. The second kappa shape index (κ2) is 10.9. The first-order valence-corrected chi connectivity index (χ1v) is 10.7. The average Bonchev–Trinajstić information content (AvgIpc) is 2.97. The molecule has 0 saturated carbocycles. The van der Waals surface area contributed by atoms with Crippen molar-refractivity contribution in [2.75, 3.05) is 50.7 Å². The van der Waals surface area contributed by atoms with Gasteiger partial charge in [0.2, 0.25) is 5.91 Å². The van der Waals surface area contributed by atoms with Gasteiger partial charge in [-0.1, -0.05) is 26.0 Å². The highest BCUT2D eigenvalue weighted by atomic mass is 35.5. The molecule has 0 unspecified atom stereocenters. The fraction of sp³-hybridized carbons (Fsp3) is 0.600. The highest BCUT2D eigenvalue weighted by molar-refractivity contribution is 8.00. The van der Waals surface area contributed by atoms with Crippen molar-refractivity contribution in [1.82, 2.24) is 15.1 Å². The highest BCUT2D eigenvalue weighted by Crippen LogP contribution is 2.33. The predicted octanol–water partition coefficient (Wildman–Crippen LogP) is 3.06. The summed E-state index contributed by atoms with van der Waals surface area (Å²) < 4.78 is 0. The second-order valence-electron chi connectivity index (χ2n) is 7.37. The number of halogens is 1. The second-order valence-corrected chi connectivity index (χ2v) is 8.99. The number of rotatable bonds is 8. The van der Waals surface area contributed by atoms with E-state index >= 15 is 0 Å². The first-order chi connectivity index (χ1) is 13.0. The number of carbonyl (C=O) groups excluding carboxylic acids is 2. The van der Waals surface area contributed by atoms with Crippen LogP contribution in [0.4, 0.5) is 10.5 Å². The number of urea groups is 1. The van der Waals surface area contributed by atoms with Crippen molar-refractivity contribution < 1.29 is 9.59 Å². The van der Waals surface area contributed by atoms with Crippen LogP contribution in [0.1, 0.15) is 26.7 Å². The molecule has 1 aromatic carbocycles. The molecule has 1 aromatic rings. The van der Waals surface area contributed by atoms with Crippen LogP contribution in [0.5, 0.6) is 0 Å². The Bertz CT molecular complexity index is 649. The summed E-state index contributed by atoms with van der Waals surface area (Å²) in [7, 11) is 0. The molecule has 0 bridgehead atoms. The molecule has 0 aromatic heterocycles. The molecule has 0 aliphatic carbocycles. The van der Waals surface area contributed by atoms with Crippen molar-refractivity contribution in [3.63, 3.8) is 0 Å². The topological polar surface area (TPSA) is 55.9 Å². The van der Waals surface area contributed by atoms with Crippen molar-refractivity contribution in [2.45, 2.75) is 36.8 Å². The Morgan fingerprint density at radius 2 is 1.71 bits per heavy atom. The largest absolute Gasteiger partial charge is 0.368 e. The van der Waals surface area contributed by atoms with Crippen LogP contribution in [0.2, 0.25) is 0 Å². The number of nitrogens with one attached hydrogen (secondary N) is 1. The normalized spacial score (nSPS) is 17.8. The number of thioether (sulfide) groups is 1. The van der Waals surface area contributed by atoms with Crippen molar-refractivity contribution in [3.05, 3.63) is 24.3 Å². The van der Waals surface area contributed by atoms with Gasteiger partial charge in [-0.15, -0.1) is 24.2 Å². The van der Waals surface area contributed by atoms with E-state index in [1.54, 1.807) is 0 Å². The summed E-state index contributed by atoms with van der Waals surface area (Å²) in [6.45, 7) is 10.4. The van der Waals surface area contributed by atoms with Crippen molar-refractivity contribution in [3.8, 4) is 0 Å². The summed E-state index contributed by atoms with van der Waals surface area (Å²) >= 11 is 1.93. The maximum absolute atomic E-state index is 11.6. The number of hydrogen-bond acceptors (Lipinski definition) is 5. The quantitative estimate of drug-likeness (QED) is 0.393. The zero-order valence-corrected chi connectivity index (χ0v) is 18.4. The molecular weight excluding hydrogens is 396 g/mol. The molecule has 0 radical (unpaired) electrons. The minimum absolute atomic E-state index is 0. The van der Waals surface area contributed by atoms with E-state index in [-0.39, 0.29) is 30.9 Å². The van der Waals surface area contributed by atoms with E-state index in [0.717, 1.165) is 45.6 Å². The zero-order chi connectivity index (χ0) is 19.2. The van der Waals surface area contributed by atoms with Crippen LogP contribution in [0, 0.1) is 0 Å². The third-order valence-electron chi connectivity index (χ3n) is 4.98. The van der Waals surface area contributed by atoms with Crippen LogP contribution in [0.25, 0.3) is 0 Å². The van der Waals surface area contributed by atoms with Gasteiger partial charge in [0.25, 0.3) is 0 Å². The van der Waals surface area contributed by atoms with E-state index < -0.39 is 0 Å². The Morgan fingerprint density at radius 1 is 1.04 bits per heavy atom. The highest BCUT2D eigenvalue weighted by Gasteiger charge is 2.27. The third kappa shape index (κ3) is 6.03. The molecule has 2 heterocycles. The first-order valence-electron chi connectivity index (χ1n) is 9.86. The van der Waals surface area contributed by atoms with Crippen molar-refractivity contribution in [2.24, 2.45) is 0 Å². The smallest absolute Gasteiger partial charge is 0.324 e. The number of para-hydroxylation sites is 1. The first kappa shape index (κ1) is 22.8. The van der Waals surface area contributed by atoms with Crippen LogP contribution in [0.3, 0.4) is 0 Å². The monoisotopic (exact) mass is 426 g/mol. The average molecular weight is 427 g/mol. The molecule has 156 valence electrons. The molecule has 2 aliphatic heterocycles. The lowest BCUT2D eigenvalue weighted by Crippen LogP contribution is -2.46. The van der Waals surface area contributed by atoms with Crippen molar-refractivity contribution in [1.29, 1.82) is 0 Å². The molecule has 0 atom stereocenters. The molecule has 2 aliphatic rings. The number of anilines is 1. The Hall–Kier alpha value is -1.44. The number of amides is 3. The van der Waals surface area contributed by atoms with Gasteiger partial charge in [0, 0.05) is 42.9 Å². The lowest BCUT2D eigenvalue weighted by Gasteiger charge is -2.37. The van der Waals surface area contributed by atoms with E-state index in [2.05, 4.69) is 53.2 Å². The summed E-state index contributed by atoms with van der Waals surface area (Å²) in [6.07, 6.45) is 1.88. The third-order valence-corrected chi connectivity index (χ3v) is 6.05. The number of carbonyl (C=O) groups is 2. The Balaban J connectivity index is 0.00000280. The van der Waals surface area contributed by atoms with Crippen LogP contribution in [-0.4, -0.2) is 72.8 Å². The minimum Gasteiger partial charge on any atom is -0.368 e. The van der Waals surface area contributed by atoms with Gasteiger partial charge >= 0.3 is 6.03 Å². The van der Waals surface area contributed by atoms with Gasteiger partial charge in [-0.3, -0.25) is 14.6 Å². The number of piperazine rings is 1. The molecular formula is C20H31ClN4O2S. The summed E-state index contributed by atoms with van der Waals surface area (Å²) in [5.41, 5.74) is 1.36. The molecule has 8 heteroatoms. The molecule has 28 heavy (non-hydrogen) atoms. The molecule has 1 N–H and O–H groups in total. The standard InChI is InChI=1S/C20H30N4O2S.ClH/c1-16(2)27-18-8-4-3-7-17(18)23-13-11-22(12-14-23)9-5-6-10-24-19(25)15-21-20(24)26;/h3-4,7-8,16H,5-6,9-15H2,1-2H3,(H,21,26);1H. The van der Waals surface area contributed by atoms with Gasteiger partial charge in [-0.2, -0.15) is 0 Å². The number of nitrogens with zero attached hydrogens (tertiary/aromatic N) is 3. The van der Waals surface area contributed by atoms with E-state index in [1.165, 1.54) is 15.5 Å². The van der Waals surface area contributed by atoms with Gasteiger partial charge < -0.3 is 10.2 Å². The predicted molar refractivity (Wildman–Crippen MR) is 118 cm³/mol. The van der Waals surface area contributed by atoms with Gasteiger partial charge in [-0.25, -0.2) is 4.79 Å². The number of imide groups is 1. The van der Waals surface area contributed by atoms with Crippen molar-refractivity contribution >= 4 is 41.8 Å². The van der Waals surface area contributed by atoms with E-state index in [1.807, 2.05) is 11.8 Å². The van der Waals surface area contributed by atoms with Crippen LogP contribution in [0.15, 0.2) is 29.2 Å². The molecule has 3 rings (SSSR count).